The summed E-state index contributed by atoms with van der Waals surface area (Å²) in [5.74, 6) is 0. The fourth-order valence-electron chi connectivity index (χ4n) is 2.86. The van der Waals surface area contributed by atoms with E-state index in [4.69, 9.17) is 12.2 Å². The monoisotopic (exact) mass is 313 g/mol. The second-order valence-electron chi connectivity index (χ2n) is 5.44. The van der Waals surface area contributed by atoms with Gasteiger partial charge in [-0.1, -0.05) is 24.3 Å². The number of rotatable bonds is 3. The molecule has 0 saturated carbocycles. The lowest BCUT2D eigenvalue weighted by Crippen LogP contribution is -2.46. The zero-order valence-electron chi connectivity index (χ0n) is 12.3. The van der Waals surface area contributed by atoms with Crippen LogP contribution in [-0.4, -0.2) is 32.8 Å². The number of fused-ring (bicyclic) bond motifs is 1. The Bertz CT molecular complexity index is 647. The molecule has 2 heterocycles. The summed E-state index contributed by atoms with van der Waals surface area (Å²) in [6.07, 6.45) is 5.11. The van der Waals surface area contributed by atoms with Crippen LogP contribution in [0.15, 0.2) is 48.8 Å². The third-order valence-corrected chi connectivity index (χ3v) is 4.33. The fourth-order valence-corrected chi connectivity index (χ4v) is 3.20. The number of aliphatic hydroxyl groups excluding tert-OH is 1. The van der Waals surface area contributed by atoms with Crippen LogP contribution in [0.2, 0.25) is 0 Å². The van der Waals surface area contributed by atoms with Crippen LogP contribution >= 0.6 is 12.2 Å². The van der Waals surface area contributed by atoms with Crippen molar-refractivity contribution in [2.45, 2.75) is 25.4 Å². The first kappa shape index (κ1) is 14.9. The minimum atomic E-state index is 0.166. The number of pyridine rings is 1. The topological polar surface area (TPSA) is 48.4 Å². The van der Waals surface area contributed by atoms with E-state index in [2.05, 4.69) is 39.5 Å². The first-order valence-electron chi connectivity index (χ1n) is 7.43. The molecule has 1 atom stereocenters. The molecule has 0 aliphatic carbocycles. The molecule has 5 heteroatoms. The van der Waals surface area contributed by atoms with Gasteiger partial charge in [0.25, 0.3) is 0 Å². The zero-order chi connectivity index (χ0) is 15.4. The Morgan fingerprint density at radius 1 is 1.27 bits per heavy atom. The lowest BCUT2D eigenvalue weighted by Gasteiger charge is -2.38. The van der Waals surface area contributed by atoms with Crippen molar-refractivity contribution in [2.24, 2.45) is 0 Å². The maximum Gasteiger partial charge on any atom is 0.174 e. The zero-order valence-corrected chi connectivity index (χ0v) is 13.1. The summed E-state index contributed by atoms with van der Waals surface area (Å²) in [5, 5.41) is 13.3. The minimum Gasteiger partial charge on any atom is -0.396 e. The van der Waals surface area contributed by atoms with E-state index in [0.717, 1.165) is 18.7 Å². The van der Waals surface area contributed by atoms with E-state index >= 15 is 0 Å². The molecular weight excluding hydrogens is 294 g/mol. The van der Waals surface area contributed by atoms with Crippen molar-refractivity contribution in [3.63, 3.8) is 0 Å². The summed E-state index contributed by atoms with van der Waals surface area (Å²) in [5.41, 5.74) is 3.53. The summed E-state index contributed by atoms with van der Waals surface area (Å²) in [6, 6.07) is 12.5. The van der Waals surface area contributed by atoms with Gasteiger partial charge in [-0.15, -0.1) is 0 Å². The van der Waals surface area contributed by atoms with Crippen LogP contribution in [0.25, 0.3) is 0 Å². The van der Waals surface area contributed by atoms with E-state index in [1.54, 1.807) is 12.4 Å². The molecule has 0 unspecified atom stereocenters. The van der Waals surface area contributed by atoms with Gasteiger partial charge in [0.1, 0.15) is 0 Å². The van der Waals surface area contributed by atoms with Gasteiger partial charge in [0.2, 0.25) is 0 Å². The molecular formula is C17H19N3OS. The van der Waals surface area contributed by atoms with E-state index < -0.39 is 0 Å². The Balaban J connectivity index is 1.79. The molecule has 22 heavy (non-hydrogen) atoms. The molecule has 2 aromatic rings. The molecule has 2 N–H and O–H groups in total. The van der Waals surface area contributed by atoms with Gasteiger partial charge in [-0.2, -0.15) is 0 Å². The van der Waals surface area contributed by atoms with Crippen LogP contribution in [0.4, 0.5) is 5.69 Å². The smallest absolute Gasteiger partial charge is 0.174 e. The standard InChI is InChI=1S/C17H19N3OS/c21-9-7-16-10-13-4-1-2-5-14(13)12-20(16)17(22)19-15-6-3-8-18-11-15/h1-6,8,11,16,21H,7,9-10,12H2,(H,19,22)/t16-/m1/s1. The van der Waals surface area contributed by atoms with Crippen molar-refractivity contribution in [1.29, 1.82) is 0 Å². The second-order valence-corrected chi connectivity index (χ2v) is 5.83. The van der Waals surface area contributed by atoms with Crippen molar-refractivity contribution in [3.05, 3.63) is 59.9 Å². The molecule has 0 spiro atoms. The SMILES string of the molecule is OCC[C@@H]1Cc2ccccc2CN1C(=S)Nc1cccnc1. The van der Waals surface area contributed by atoms with E-state index in [0.29, 0.717) is 11.5 Å². The van der Waals surface area contributed by atoms with Crippen molar-refractivity contribution >= 4 is 23.0 Å². The number of nitrogens with zero attached hydrogens (tertiary/aromatic N) is 2. The van der Waals surface area contributed by atoms with Crippen LogP contribution < -0.4 is 5.32 Å². The van der Waals surface area contributed by atoms with Gasteiger partial charge in [0.05, 0.1) is 11.9 Å². The number of anilines is 1. The molecule has 4 nitrogen and oxygen atoms in total. The summed E-state index contributed by atoms with van der Waals surface area (Å²) in [7, 11) is 0. The first-order chi connectivity index (χ1) is 10.8. The maximum atomic E-state index is 9.36. The van der Waals surface area contributed by atoms with Gasteiger partial charge in [0, 0.05) is 25.4 Å². The third kappa shape index (κ3) is 3.26. The molecule has 1 aromatic carbocycles. The number of benzene rings is 1. The maximum absolute atomic E-state index is 9.36. The number of hydrogen-bond acceptors (Lipinski definition) is 3. The van der Waals surface area contributed by atoms with Crippen LogP contribution in [0.3, 0.4) is 0 Å². The van der Waals surface area contributed by atoms with E-state index in [9.17, 15) is 5.11 Å². The first-order valence-corrected chi connectivity index (χ1v) is 7.84. The second kappa shape index (κ2) is 6.85. The molecule has 3 rings (SSSR count). The van der Waals surface area contributed by atoms with Crippen molar-refractivity contribution in [1.82, 2.24) is 9.88 Å². The van der Waals surface area contributed by atoms with Gasteiger partial charge in [-0.3, -0.25) is 4.98 Å². The Morgan fingerprint density at radius 2 is 2.09 bits per heavy atom. The van der Waals surface area contributed by atoms with E-state index in [-0.39, 0.29) is 12.6 Å². The highest BCUT2D eigenvalue weighted by molar-refractivity contribution is 7.80. The van der Waals surface area contributed by atoms with Crippen LogP contribution in [0, 0.1) is 0 Å². The van der Waals surface area contributed by atoms with Gasteiger partial charge in [-0.25, -0.2) is 0 Å². The molecule has 0 bridgehead atoms. The molecule has 0 saturated heterocycles. The van der Waals surface area contributed by atoms with Crippen LogP contribution in [0.1, 0.15) is 17.5 Å². The van der Waals surface area contributed by atoms with Crippen molar-refractivity contribution < 1.29 is 5.11 Å². The quantitative estimate of drug-likeness (QED) is 0.853. The van der Waals surface area contributed by atoms with E-state index in [1.807, 2.05) is 12.1 Å². The predicted octanol–water partition coefficient (Wildman–Crippen LogP) is 2.59. The number of aliphatic hydroxyl groups is 1. The van der Waals surface area contributed by atoms with Crippen LogP contribution in [0.5, 0.6) is 0 Å². The van der Waals surface area contributed by atoms with Crippen molar-refractivity contribution in [3.8, 4) is 0 Å². The highest BCUT2D eigenvalue weighted by Crippen LogP contribution is 2.25. The van der Waals surface area contributed by atoms with Gasteiger partial charge >= 0.3 is 0 Å². The Labute approximate surface area is 135 Å². The van der Waals surface area contributed by atoms with Gasteiger partial charge < -0.3 is 15.3 Å². The average Bonchev–Trinajstić information content (AvgIpc) is 2.55. The summed E-state index contributed by atoms with van der Waals surface area (Å²) in [4.78, 5) is 6.26. The average molecular weight is 313 g/mol. The fraction of sp³-hybridized carbons (Fsp3) is 0.294. The molecule has 1 aliphatic heterocycles. The lowest BCUT2D eigenvalue weighted by molar-refractivity contribution is 0.207. The predicted molar refractivity (Wildman–Crippen MR) is 91.6 cm³/mol. The molecule has 114 valence electrons. The number of hydrogen-bond donors (Lipinski definition) is 2. The summed E-state index contributed by atoms with van der Waals surface area (Å²) < 4.78 is 0. The molecule has 0 amide bonds. The van der Waals surface area contributed by atoms with Crippen LogP contribution in [-0.2, 0) is 13.0 Å². The Kier molecular flexibility index (Phi) is 4.65. The molecule has 1 aliphatic rings. The Morgan fingerprint density at radius 3 is 2.82 bits per heavy atom. The van der Waals surface area contributed by atoms with Crippen molar-refractivity contribution in [2.75, 3.05) is 11.9 Å². The van der Waals surface area contributed by atoms with Gasteiger partial charge in [0.15, 0.2) is 5.11 Å². The Hall–Kier alpha value is -1.98. The molecule has 1 aromatic heterocycles. The highest BCUT2D eigenvalue weighted by Gasteiger charge is 2.27. The normalized spacial score (nSPS) is 17.0. The number of aromatic nitrogens is 1. The largest absolute Gasteiger partial charge is 0.396 e. The van der Waals surface area contributed by atoms with Gasteiger partial charge in [-0.05, 0) is 48.3 Å². The summed E-state index contributed by atoms with van der Waals surface area (Å²) >= 11 is 5.58. The lowest BCUT2D eigenvalue weighted by atomic mass is 9.93. The summed E-state index contributed by atoms with van der Waals surface area (Å²) in [6.45, 7) is 0.936. The molecule has 0 radical (unpaired) electrons. The third-order valence-electron chi connectivity index (χ3n) is 3.99. The number of nitrogens with one attached hydrogen (secondary N) is 1. The number of thiocarbonyl (C=S) groups is 1. The highest BCUT2D eigenvalue weighted by atomic mass is 32.1. The molecule has 0 fully saturated rings. The minimum absolute atomic E-state index is 0.166. The van der Waals surface area contributed by atoms with E-state index in [1.165, 1.54) is 11.1 Å².